The summed E-state index contributed by atoms with van der Waals surface area (Å²) in [6, 6.07) is -0.0911. The van der Waals surface area contributed by atoms with Gasteiger partial charge < -0.3 is 10.1 Å². The quantitative estimate of drug-likeness (QED) is 0.815. The third kappa shape index (κ3) is 5.52. The van der Waals surface area contributed by atoms with Gasteiger partial charge in [0, 0.05) is 36.6 Å². The molecule has 0 spiro atoms. The van der Waals surface area contributed by atoms with Crippen molar-refractivity contribution in [2.75, 3.05) is 43.2 Å². The number of thiazole rings is 1. The van der Waals surface area contributed by atoms with Crippen LogP contribution in [0.2, 0.25) is 0 Å². The highest BCUT2D eigenvalue weighted by atomic mass is 35.5. The zero-order valence-electron chi connectivity index (χ0n) is 11.9. The number of anilines is 1. The zero-order chi connectivity index (χ0) is 13.8. The Bertz CT molecular complexity index is 466. The van der Waals surface area contributed by atoms with Crippen molar-refractivity contribution in [2.24, 2.45) is 0 Å². The van der Waals surface area contributed by atoms with E-state index in [1.807, 2.05) is 5.38 Å². The van der Waals surface area contributed by atoms with E-state index >= 15 is 0 Å². The fourth-order valence-electron chi connectivity index (χ4n) is 2.18. The van der Waals surface area contributed by atoms with Gasteiger partial charge in [0.05, 0.1) is 24.9 Å². The number of hydrogen-bond donors (Lipinski definition) is 2. The summed E-state index contributed by atoms with van der Waals surface area (Å²) in [5, 5.41) is 8.75. The van der Waals surface area contributed by atoms with Gasteiger partial charge in [-0.15, -0.1) is 47.9 Å². The molecule has 0 aliphatic carbocycles. The average Bonchev–Trinajstić information content (AvgIpc) is 3.11. The van der Waals surface area contributed by atoms with Crippen LogP contribution in [0.25, 0.3) is 0 Å². The maximum atomic E-state index is 12.0. The topological polar surface area (TPSA) is 66.5 Å². The van der Waals surface area contributed by atoms with Crippen molar-refractivity contribution in [2.45, 2.75) is 12.6 Å². The van der Waals surface area contributed by atoms with Crippen LogP contribution in [0, 0.1) is 0 Å². The first kappa shape index (κ1) is 20.0. The molecule has 2 fully saturated rings. The Kier molecular flexibility index (Phi) is 9.00. The van der Waals surface area contributed by atoms with Crippen molar-refractivity contribution in [1.82, 2.24) is 15.2 Å². The van der Waals surface area contributed by atoms with Gasteiger partial charge in [-0.2, -0.15) is 0 Å². The maximum absolute atomic E-state index is 12.0. The number of thioether (sulfide) groups is 1. The van der Waals surface area contributed by atoms with E-state index in [1.165, 1.54) is 11.3 Å². The number of nitrogens with zero attached hydrogens (tertiary/aromatic N) is 2. The van der Waals surface area contributed by atoms with Crippen LogP contribution >= 0.6 is 47.9 Å². The molecular formula is C12H20Cl2N4O2S2. The van der Waals surface area contributed by atoms with Crippen molar-refractivity contribution in [3.8, 4) is 0 Å². The van der Waals surface area contributed by atoms with Gasteiger partial charge in [-0.25, -0.2) is 4.98 Å². The predicted molar refractivity (Wildman–Crippen MR) is 95.6 cm³/mol. The molecule has 3 heterocycles. The van der Waals surface area contributed by atoms with E-state index in [9.17, 15) is 4.79 Å². The van der Waals surface area contributed by atoms with Gasteiger partial charge in [0.1, 0.15) is 0 Å². The molecule has 126 valence electrons. The Morgan fingerprint density at radius 1 is 1.45 bits per heavy atom. The second kappa shape index (κ2) is 9.92. The number of halogens is 2. The first-order valence-electron chi connectivity index (χ1n) is 6.68. The number of rotatable bonds is 4. The molecule has 1 amide bonds. The number of morpholine rings is 1. The lowest BCUT2D eigenvalue weighted by Crippen LogP contribution is -2.37. The van der Waals surface area contributed by atoms with E-state index < -0.39 is 0 Å². The number of carbonyl (C=O) groups excluding carboxylic acids is 1. The summed E-state index contributed by atoms with van der Waals surface area (Å²) in [5.74, 6) is 1.69. The van der Waals surface area contributed by atoms with Crippen LogP contribution < -0.4 is 10.6 Å². The molecule has 6 nitrogen and oxygen atoms in total. The van der Waals surface area contributed by atoms with E-state index in [2.05, 4.69) is 20.5 Å². The van der Waals surface area contributed by atoms with Crippen molar-refractivity contribution in [3.05, 3.63) is 11.1 Å². The third-order valence-corrected chi connectivity index (χ3v) is 5.05. The molecule has 1 aromatic rings. The maximum Gasteiger partial charge on any atom is 0.244 e. The summed E-state index contributed by atoms with van der Waals surface area (Å²) < 4.78 is 5.33. The van der Waals surface area contributed by atoms with Gasteiger partial charge >= 0.3 is 0 Å². The van der Waals surface area contributed by atoms with Gasteiger partial charge in [0.2, 0.25) is 5.91 Å². The van der Waals surface area contributed by atoms with Gasteiger partial charge in [-0.1, -0.05) is 0 Å². The lowest BCUT2D eigenvalue weighted by Gasteiger charge is -2.25. The molecule has 0 aromatic carbocycles. The molecule has 2 saturated heterocycles. The van der Waals surface area contributed by atoms with Crippen LogP contribution in [0.5, 0.6) is 0 Å². The van der Waals surface area contributed by atoms with Crippen LogP contribution in [0.15, 0.2) is 5.38 Å². The Labute approximate surface area is 150 Å². The minimum atomic E-state index is -0.0911. The smallest absolute Gasteiger partial charge is 0.244 e. The Morgan fingerprint density at radius 2 is 2.23 bits per heavy atom. The molecule has 0 radical (unpaired) electrons. The minimum Gasteiger partial charge on any atom is -0.379 e. The van der Waals surface area contributed by atoms with E-state index in [-0.39, 0.29) is 36.8 Å². The zero-order valence-corrected chi connectivity index (χ0v) is 15.2. The summed E-state index contributed by atoms with van der Waals surface area (Å²) in [6.07, 6.45) is 0. The molecule has 10 heteroatoms. The number of amides is 1. The minimum absolute atomic E-state index is 0. The van der Waals surface area contributed by atoms with Crippen LogP contribution in [0.3, 0.4) is 0 Å². The highest BCUT2D eigenvalue weighted by Gasteiger charge is 2.23. The molecule has 2 N–H and O–H groups in total. The average molecular weight is 387 g/mol. The highest BCUT2D eigenvalue weighted by Crippen LogP contribution is 2.18. The number of aromatic nitrogens is 1. The number of carbonyl (C=O) groups is 1. The number of nitrogens with one attached hydrogen (secondary N) is 2. The van der Waals surface area contributed by atoms with E-state index in [1.54, 1.807) is 11.8 Å². The first-order chi connectivity index (χ1) is 9.81. The molecule has 3 rings (SSSR count). The molecule has 1 aromatic heterocycles. The van der Waals surface area contributed by atoms with Gasteiger partial charge in [0.15, 0.2) is 5.13 Å². The Balaban J connectivity index is 0.00000121. The van der Waals surface area contributed by atoms with E-state index in [4.69, 9.17) is 4.74 Å². The fourth-order valence-corrected chi connectivity index (χ4v) is 3.83. The molecule has 1 atom stereocenters. The second-order valence-corrected chi connectivity index (χ2v) is 6.68. The molecular weight excluding hydrogens is 367 g/mol. The number of hydrogen-bond acceptors (Lipinski definition) is 7. The van der Waals surface area contributed by atoms with Gasteiger partial charge in [-0.3, -0.25) is 15.0 Å². The van der Waals surface area contributed by atoms with Crippen molar-refractivity contribution in [3.63, 3.8) is 0 Å². The summed E-state index contributed by atoms with van der Waals surface area (Å²) in [6.45, 7) is 4.30. The summed E-state index contributed by atoms with van der Waals surface area (Å²) in [5.41, 5.74) is 1.01. The lowest BCUT2D eigenvalue weighted by molar-refractivity contribution is -0.117. The van der Waals surface area contributed by atoms with Crippen molar-refractivity contribution < 1.29 is 9.53 Å². The Hall–Kier alpha value is -0.0900. The largest absolute Gasteiger partial charge is 0.379 e. The summed E-state index contributed by atoms with van der Waals surface area (Å²) in [4.78, 5) is 18.8. The molecule has 0 bridgehead atoms. The normalized spacial score (nSPS) is 21.7. The second-order valence-electron chi connectivity index (χ2n) is 4.79. The van der Waals surface area contributed by atoms with Crippen molar-refractivity contribution >= 4 is 59.0 Å². The van der Waals surface area contributed by atoms with Crippen molar-refractivity contribution in [1.29, 1.82) is 0 Å². The van der Waals surface area contributed by atoms with Gasteiger partial charge in [-0.05, 0) is 0 Å². The van der Waals surface area contributed by atoms with Crippen LogP contribution in [0.4, 0.5) is 5.13 Å². The van der Waals surface area contributed by atoms with Crippen LogP contribution in [-0.2, 0) is 16.1 Å². The van der Waals surface area contributed by atoms with E-state index in [0.717, 1.165) is 50.2 Å². The van der Waals surface area contributed by atoms with Crippen LogP contribution in [-0.4, -0.2) is 59.8 Å². The fraction of sp³-hybridized carbons (Fsp3) is 0.667. The highest BCUT2D eigenvalue weighted by molar-refractivity contribution is 7.99. The molecule has 1 unspecified atom stereocenters. The monoisotopic (exact) mass is 386 g/mol. The van der Waals surface area contributed by atoms with Gasteiger partial charge in [0.25, 0.3) is 0 Å². The third-order valence-electron chi connectivity index (χ3n) is 3.30. The van der Waals surface area contributed by atoms with Crippen LogP contribution in [0.1, 0.15) is 5.69 Å². The SMILES string of the molecule is Cl.Cl.O=C(Nc1nc(CN2CCOCC2)cs1)C1CSCN1. The summed E-state index contributed by atoms with van der Waals surface area (Å²) in [7, 11) is 0. The predicted octanol–water partition coefficient (Wildman–Crippen LogP) is 1.42. The van der Waals surface area contributed by atoms with E-state index in [0.29, 0.717) is 5.13 Å². The first-order valence-corrected chi connectivity index (χ1v) is 8.71. The molecule has 0 saturated carbocycles. The lowest BCUT2D eigenvalue weighted by atomic mass is 10.3. The summed E-state index contributed by atoms with van der Waals surface area (Å²) >= 11 is 3.23. The number of ether oxygens (including phenoxy) is 1. The Morgan fingerprint density at radius 3 is 2.91 bits per heavy atom. The molecule has 2 aliphatic heterocycles. The molecule has 22 heavy (non-hydrogen) atoms. The standard InChI is InChI=1S/C12H18N4O2S2.2ClH/c17-11(10-7-19-8-13-10)15-12-14-9(6-20-12)5-16-1-3-18-4-2-16;;/h6,10,13H,1-5,7-8H2,(H,14,15,17);2*1H. The molecule has 2 aliphatic rings.